The number of nitrogens with one attached hydrogen (secondary N) is 3. The minimum absolute atomic E-state index is 0.228. The fourth-order valence-electron chi connectivity index (χ4n) is 5.34. The molecular weight excluding hydrogens is 620 g/mol. The van der Waals surface area contributed by atoms with Crippen LogP contribution in [0.2, 0.25) is 0 Å². The van der Waals surface area contributed by atoms with Crippen LogP contribution in [0.25, 0.3) is 0 Å². The van der Waals surface area contributed by atoms with E-state index in [9.17, 15) is 44.4 Å². The molecule has 0 aromatic carbocycles. The number of hydrogen-bond donors (Lipinski definition) is 10. The van der Waals surface area contributed by atoms with Crippen molar-refractivity contribution < 1.29 is 68.1 Å². The van der Waals surface area contributed by atoms with E-state index in [1.54, 1.807) is 0 Å². The minimum atomic E-state index is -1.94. The van der Waals surface area contributed by atoms with Gasteiger partial charge in [0.2, 0.25) is 17.7 Å². The Kier molecular flexibility index (Phi) is 14.6. The van der Waals surface area contributed by atoms with Crippen LogP contribution in [-0.2, 0) is 47.7 Å². The number of carboxylic acid groups (broad SMARTS) is 1. The van der Waals surface area contributed by atoms with E-state index in [0.717, 1.165) is 20.8 Å². The second-order valence-electron chi connectivity index (χ2n) is 11.1. The number of amides is 3. The molecule has 0 unspecified atom stereocenters. The van der Waals surface area contributed by atoms with Crippen LogP contribution >= 0.6 is 0 Å². The standard InChI is InChI=1S/C26H46N6O14/c1-8(34)20(17(13(39)7-33)30-9(2)35)44-26-19(32-11(4)37)16(29)22(23(46-26)24(40)41)45-25-18(31-10(3)36)15(28)21(42-12(5)38)14(6-27)43-25/h8,13-23,25-26,33-34,39H,6-7,27-29H2,1-5H3,(H,30,35)(H,31,36)(H,32,37)(H,40,41)/t8-,13+,14-,15-,16-,17-,18-,19+,20-,21-,22+,23+,25+,26-/m1/s1. The van der Waals surface area contributed by atoms with Gasteiger partial charge in [-0.3, -0.25) is 19.2 Å². The van der Waals surface area contributed by atoms with Gasteiger partial charge in [-0.25, -0.2) is 4.79 Å². The first-order chi connectivity index (χ1) is 21.4. The Balaban J connectivity index is 2.51. The first kappa shape index (κ1) is 39.1. The van der Waals surface area contributed by atoms with Gasteiger partial charge in [0.05, 0.1) is 49.0 Å². The van der Waals surface area contributed by atoms with Crippen molar-refractivity contribution in [2.24, 2.45) is 17.2 Å². The third-order valence-electron chi connectivity index (χ3n) is 7.33. The molecule has 0 aromatic heterocycles. The summed E-state index contributed by atoms with van der Waals surface area (Å²) in [6, 6.07) is -6.65. The molecule has 46 heavy (non-hydrogen) atoms. The van der Waals surface area contributed by atoms with E-state index < -0.39 is 122 Å². The third kappa shape index (κ3) is 9.97. The van der Waals surface area contributed by atoms with Crippen LogP contribution in [0.3, 0.4) is 0 Å². The van der Waals surface area contributed by atoms with E-state index in [2.05, 4.69) is 16.0 Å². The van der Waals surface area contributed by atoms with Crippen molar-refractivity contribution in [3.8, 4) is 0 Å². The number of hydrogen-bond acceptors (Lipinski definition) is 16. The molecule has 2 rings (SSSR count). The molecular formula is C26H46N6O14. The zero-order valence-electron chi connectivity index (χ0n) is 26.1. The number of ether oxygens (including phenoxy) is 5. The number of nitrogens with two attached hydrogens (primary N) is 3. The summed E-state index contributed by atoms with van der Waals surface area (Å²) in [7, 11) is 0. The number of carbonyl (C=O) groups is 5. The van der Waals surface area contributed by atoms with Gasteiger partial charge in [-0.2, -0.15) is 0 Å². The number of aliphatic hydroxyl groups excluding tert-OH is 3. The van der Waals surface area contributed by atoms with Crippen molar-refractivity contribution in [1.29, 1.82) is 0 Å². The maximum absolute atomic E-state index is 12.5. The second-order valence-corrected chi connectivity index (χ2v) is 11.1. The number of esters is 1. The molecule has 20 nitrogen and oxygen atoms in total. The molecule has 0 saturated carbocycles. The topological polar surface area (TPSA) is 327 Å². The molecule has 2 fully saturated rings. The highest BCUT2D eigenvalue weighted by Gasteiger charge is 2.54. The van der Waals surface area contributed by atoms with E-state index >= 15 is 0 Å². The quantitative estimate of drug-likeness (QED) is 0.0771. The van der Waals surface area contributed by atoms with Gasteiger partial charge in [-0.15, -0.1) is 0 Å². The van der Waals surface area contributed by atoms with Crippen LogP contribution in [0.1, 0.15) is 34.6 Å². The van der Waals surface area contributed by atoms with Crippen molar-refractivity contribution >= 4 is 29.7 Å². The molecule has 264 valence electrons. The molecule has 0 aliphatic carbocycles. The Labute approximate surface area is 264 Å². The molecule has 0 bridgehead atoms. The number of carboxylic acids is 1. The summed E-state index contributed by atoms with van der Waals surface area (Å²) in [4.78, 5) is 60.4. The maximum Gasteiger partial charge on any atom is 0.335 e. The van der Waals surface area contributed by atoms with Crippen LogP contribution in [0.15, 0.2) is 0 Å². The molecule has 13 N–H and O–H groups in total. The van der Waals surface area contributed by atoms with Crippen molar-refractivity contribution in [3.63, 3.8) is 0 Å². The summed E-state index contributed by atoms with van der Waals surface area (Å²) in [5.74, 6) is -4.22. The molecule has 2 aliphatic rings. The molecule has 14 atom stereocenters. The molecule has 20 heteroatoms. The van der Waals surface area contributed by atoms with Crippen LogP contribution < -0.4 is 33.2 Å². The fraction of sp³-hybridized carbons (Fsp3) is 0.808. The normalized spacial score (nSPS) is 33.9. The first-order valence-electron chi connectivity index (χ1n) is 14.4. The lowest BCUT2D eigenvalue weighted by Gasteiger charge is -2.49. The van der Waals surface area contributed by atoms with Gasteiger partial charge in [0.25, 0.3) is 0 Å². The predicted octanol–water partition coefficient (Wildman–Crippen LogP) is -5.92. The lowest BCUT2D eigenvalue weighted by molar-refractivity contribution is -0.309. The van der Waals surface area contributed by atoms with Crippen molar-refractivity contribution in [3.05, 3.63) is 0 Å². The highest BCUT2D eigenvalue weighted by atomic mass is 16.7. The number of aliphatic carboxylic acids is 1. The lowest BCUT2D eigenvalue weighted by atomic mass is 9.92. The Morgan fingerprint density at radius 3 is 1.85 bits per heavy atom. The van der Waals surface area contributed by atoms with Crippen LogP contribution in [0.5, 0.6) is 0 Å². The molecule has 0 aromatic rings. The summed E-state index contributed by atoms with van der Waals surface area (Å²) < 4.78 is 28.8. The van der Waals surface area contributed by atoms with Crippen LogP contribution in [0.4, 0.5) is 0 Å². The Bertz CT molecular complexity index is 1080. The Hall–Kier alpha value is -3.05. The summed E-state index contributed by atoms with van der Waals surface area (Å²) in [5.41, 5.74) is 18.7. The smallest absolute Gasteiger partial charge is 0.335 e. The largest absolute Gasteiger partial charge is 0.479 e. The van der Waals surface area contributed by atoms with Crippen molar-refractivity contribution in [2.45, 2.75) is 120 Å². The SMILES string of the molecule is CC(=O)N[C@@H]1[C@H](O[C@@H]([C@H](NC(C)=O)[C@@H](O)CO)[C@@H](C)O)O[C@H](C(=O)O)[C@@H](O[C@@H]2O[C@H](CN)[C@@H](OC(C)=O)[C@H](N)[C@H]2NC(C)=O)[C@@H]1N. The van der Waals surface area contributed by atoms with Crippen molar-refractivity contribution in [2.75, 3.05) is 13.2 Å². The van der Waals surface area contributed by atoms with Gasteiger partial charge in [0.15, 0.2) is 18.7 Å². The number of rotatable bonds is 14. The van der Waals surface area contributed by atoms with E-state index in [1.807, 2.05) is 0 Å². The molecule has 2 saturated heterocycles. The summed E-state index contributed by atoms with van der Waals surface area (Å²) in [6.45, 7) is 4.70. The second kappa shape index (κ2) is 17.2. The summed E-state index contributed by atoms with van der Waals surface area (Å²) >= 11 is 0. The van der Waals surface area contributed by atoms with Gasteiger partial charge in [-0.05, 0) is 6.92 Å². The zero-order valence-corrected chi connectivity index (χ0v) is 26.1. The lowest BCUT2D eigenvalue weighted by Crippen LogP contribution is -2.73. The number of carbonyl (C=O) groups excluding carboxylic acids is 4. The monoisotopic (exact) mass is 666 g/mol. The van der Waals surface area contributed by atoms with E-state index in [0.29, 0.717) is 0 Å². The molecule has 0 spiro atoms. The van der Waals surface area contributed by atoms with Gasteiger partial charge in [0.1, 0.15) is 24.4 Å². The van der Waals surface area contributed by atoms with Gasteiger partial charge >= 0.3 is 11.9 Å². The van der Waals surface area contributed by atoms with Gasteiger partial charge in [0, 0.05) is 34.2 Å². The van der Waals surface area contributed by atoms with E-state index in [-0.39, 0.29) is 6.54 Å². The Morgan fingerprint density at radius 1 is 0.870 bits per heavy atom. The molecule has 3 amide bonds. The summed E-state index contributed by atoms with van der Waals surface area (Å²) in [5, 5.41) is 48.0. The summed E-state index contributed by atoms with van der Waals surface area (Å²) in [6.07, 6.45) is -13.6. The Morgan fingerprint density at radius 2 is 1.41 bits per heavy atom. The molecule has 0 radical (unpaired) electrons. The van der Waals surface area contributed by atoms with E-state index in [1.165, 1.54) is 13.8 Å². The predicted molar refractivity (Wildman–Crippen MR) is 153 cm³/mol. The van der Waals surface area contributed by atoms with Gasteiger partial charge < -0.3 is 77.3 Å². The zero-order chi connectivity index (χ0) is 35.0. The molecule has 2 aliphatic heterocycles. The first-order valence-corrected chi connectivity index (χ1v) is 14.4. The highest BCUT2D eigenvalue weighted by molar-refractivity contribution is 5.75. The average molecular weight is 667 g/mol. The molecule has 2 heterocycles. The maximum atomic E-state index is 12.5. The third-order valence-corrected chi connectivity index (χ3v) is 7.33. The highest BCUT2D eigenvalue weighted by Crippen LogP contribution is 2.31. The van der Waals surface area contributed by atoms with Crippen molar-refractivity contribution in [1.82, 2.24) is 16.0 Å². The van der Waals surface area contributed by atoms with Crippen LogP contribution in [-0.4, -0.2) is 149 Å². The minimum Gasteiger partial charge on any atom is -0.479 e. The van der Waals surface area contributed by atoms with Crippen LogP contribution in [0, 0.1) is 0 Å². The average Bonchev–Trinajstić information content (AvgIpc) is 2.95. The number of aliphatic hydroxyl groups is 3. The van der Waals surface area contributed by atoms with Gasteiger partial charge in [-0.1, -0.05) is 0 Å². The fourth-order valence-corrected chi connectivity index (χ4v) is 5.34. The van der Waals surface area contributed by atoms with E-state index in [4.69, 9.17) is 40.9 Å².